The number of halogens is 1. The van der Waals surface area contributed by atoms with E-state index < -0.39 is 0 Å². The molecule has 92 valence electrons. The van der Waals surface area contributed by atoms with Gasteiger partial charge in [0.25, 0.3) is 0 Å². The molecule has 0 N–H and O–H groups in total. The van der Waals surface area contributed by atoms with E-state index in [9.17, 15) is 4.79 Å². The summed E-state index contributed by atoms with van der Waals surface area (Å²) in [5.41, 5.74) is 2.05. The summed E-state index contributed by atoms with van der Waals surface area (Å²) < 4.78 is 4.84. The standard InChI is InChI=1S/C13H16ClNO2/c1-9-10(14)5-3-6-11(9)15-8-4-7-12(15)13(16)17-2/h3,5-6,12H,4,7-8H2,1-2H3. The van der Waals surface area contributed by atoms with Crippen LogP contribution in [0.2, 0.25) is 5.02 Å². The molecule has 1 atom stereocenters. The molecule has 0 saturated carbocycles. The number of hydrogen-bond acceptors (Lipinski definition) is 3. The molecule has 3 nitrogen and oxygen atoms in total. The number of benzene rings is 1. The molecule has 1 aliphatic rings. The van der Waals surface area contributed by atoms with E-state index in [4.69, 9.17) is 16.3 Å². The highest BCUT2D eigenvalue weighted by Crippen LogP contribution is 2.32. The number of anilines is 1. The largest absolute Gasteiger partial charge is 0.467 e. The fourth-order valence-electron chi connectivity index (χ4n) is 2.34. The Bertz CT molecular complexity index is 433. The van der Waals surface area contributed by atoms with Crippen LogP contribution in [0.4, 0.5) is 5.69 Å². The first-order chi connectivity index (χ1) is 8.15. The van der Waals surface area contributed by atoms with Crippen molar-refractivity contribution in [2.75, 3.05) is 18.6 Å². The molecule has 17 heavy (non-hydrogen) atoms. The van der Waals surface area contributed by atoms with Crippen molar-refractivity contribution in [2.45, 2.75) is 25.8 Å². The third-order valence-electron chi connectivity index (χ3n) is 3.27. The SMILES string of the molecule is COC(=O)C1CCCN1c1cccc(Cl)c1C. The van der Waals surface area contributed by atoms with Crippen LogP contribution in [0.1, 0.15) is 18.4 Å². The zero-order valence-electron chi connectivity index (χ0n) is 10.1. The van der Waals surface area contributed by atoms with Crippen LogP contribution >= 0.6 is 11.6 Å². The molecule has 0 spiro atoms. The zero-order valence-corrected chi connectivity index (χ0v) is 10.8. The summed E-state index contributed by atoms with van der Waals surface area (Å²) in [5, 5.41) is 0.734. The van der Waals surface area contributed by atoms with E-state index in [1.54, 1.807) is 0 Å². The van der Waals surface area contributed by atoms with Gasteiger partial charge in [-0.15, -0.1) is 0 Å². The van der Waals surface area contributed by atoms with Crippen molar-refractivity contribution in [1.82, 2.24) is 0 Å². The van der Waals surface area contributed by atoms with Gasteiger partial charge in [-0.1, -0.05) is 17.7 Å². The molecule has 0 radical (unpaired) electrons. The summed E-state index contributed by atoms with van der Waals surface area (Å²) in [4.78, 5) is 13.8. The van der Waals surface area contributed by atoms with Crippen LogP contribution in [-0.2, 0) is 9.53 Å². The van der Waals surface area contributed by atoms with Crippen LogP contribution in [0.15, 0.2) is 18.2 Å². The second-order valence-corrected chi connectivity index (χ2v) is 4.67. The zero-order chi connectivity index (χ0) is 12.4. The van der Waals surface area contributed by atoms with Crippen LogP contribution in [0.25, 0.3) is 0 Å². The van der Waals surface area contributed by atoms with Gasteiger partial charge in [-0.05, 0) is 37.5 Å². The highest BCUT2D eigenvalue weighted by atomic mass is 35.5. The quantitative estimate of drug-likeness (QED) is 0.759. The number of hydrogen-bond donors (Lipinski definition) is 0. The van der Waals surface area contributed by atoms with Gasteiger partial charge in [-0.3, -0.25) is 0 Å². The molecule has 1 heterocycles. The lowest BCUT2D eigenvalue weighted by Gasteiger charge is -2.26. The van der Waals surface area contributed by atoms with Gasteiger partial charge >= 0.3 is 5.97 Å². The molecule has 1 unspecified atom stereocenters. The van der Waals surface area contributed by atoms with Crippen molar-refractivity contribution in [2.24, 2.45) is 0 Å². The Kier molecular flexibility index (Phi) is 3.57. The van der Waals surface area contributed by atoms with Crippen molar-refractivity contribution in [3.63, 3.8) is 0 Å². The summed E-state index contributed by atoms with van der Waals surface area (Å²) in [7, 11) is 1.43. The summed E-state index contributed by atoms with van der Waals surface area (Å²) in [6.45, 7) is 2.85. The highest BCUT2D eigenvalue weighted by molar-refractivity contribution is 6.31. The Morgan fingerprint density at radius 2 is 2.29 bits per heavy atom. The Morgan fingerprint density at radius 3 is 3.00 bits per heavy atom. The Labute approximate surface area is 106 Å². The molecule has 2 rings (SSSR count). The van der Waals surface area contributed by atoms with E-state index in [0.29, 0.717) is 0 Å². The van der Waals surface area contributed by atoms with Gasteiger partial charge in [-0.25, -0.2) is 4.79 Å². The van der Waals surface area contributed by atoms with Crippen molar-refractivity contribution >= 4 is 23.3 Å². The van der Waals surface area contributed by atoms with Crippen LogP contribution in [0.3, 0.4) is 0 Å². The van der Waals surface area contributed by atoms with E-state index in [2.05, 4.69) is 4.90 Å². The van der Waals surface area contributed by atoms with E-state index in [0.717, 1.165) is 35.7 Å². The molecular formula is C13H16ClNO2. The van der Waals surface area contributed by atoms with Gasteiger partial charge in [0.2, 0.25) is 0 Å². The van der Waals surface area contributed by atoms with Crippen LogP contribution in [0.5, 0.6) is 0 Å². The minimum absolute atomic E-state index is 0.165. The average Bonchev–Trinajstić information content (AvgIpc) is 2.80. The number of nitrogens with zero attached hydrogens (tertiary/aromatic N) is 1. The minimum Gasteiger partial charge on any atom is -0.467 e. The third kappa shape index (κ3) is 2.25. The summed E-state index contributed by atoms with van der Waals surface area (Å²) in [6, 6.07) is 5.61. The van der Waals surface area contributed by atoms with Crippen molar-refractivity contribution in [3.8, 4) is 0 Å². The van der Waals surface area contributed by atoms with Gasteiger partial charge < -0.3 is 9.64 Å². The summed E-state index contributed by atoms with van der Waals surface area (Å²) in [5.74, 6) is -0.165. The number of carbonyl (C=O) groups is 1. The van der Waals surface area contributed by atoms with Gasteiger partial charge in [-0.2, -0.15) is 0 Å². The number of methoxy groups -OCH3 is 1. The molecular weight excluding hydrogens is 238 g/mol. The lowest BCUT2D eigenvalue weighted by Crippen LogP contribution is -2.37. The molecule has 0 amide bonds. The van der Waals surface area contributed by atoms with Crippen LogP contribution in [-0.4, -0.2) is 25.7 Å². The maximum absolute atomic E-state index is 11.7. The fraction of sp³-hybridized carbons (Fsp3) is 0.462. The maximum atomic E-state index is 11.7. The normalized spacial score (nSPS) is 19.5. The van der Waals surface area contributed by atoms with E-state index in [1.807, 2.05) is 25.1 Å². The maximum Gasteiger partial charge on any atom is 0.328 e. The van der Waals surface area contributed by atoms with Crippen molar-refractivity contribution in [1.29, 1.82) is 0 Å². The second kappa shape index (κ2) is 4.96. The van der Waals surface area contributed by atoms with Gasteiger partial charge in [0, 0.05) is 17.3 Å². The average molecular weight is 254 g/mol. The molecule has 1 aromatic rings. The van der Waals surface area contributed by atoms with Crippen LogP contribution < -0.4 is 4.90 Å². The predicted molar refractivity (Wildman–Crippen MR) is 68.6 cm³/mol. The second-order valence-electron chi connectivity index (χ2n) is 4.26. The smallest absolute Gasteiger partial charge is 0.328 e. The third-order valence-corrected chi connectivity index (χ3v) is 3.68. The van der Waals surface area contributed by atoms with E-state index in [-0.39, 0.29) is 12.0 Å². The van der Waals surface area contributed by atoms with Gasteiger partial charge in [0.1, 0.15) is 6.04 Å². The minimum atomic E-state index is -0.169. The Morgan fingerprint density at radius 1 is 1.53 bits per heavy atom. The molecule has 0 aromatic heterocycles. The van der Waals surface area contributed by atoms with Crippen molar-refractivity contribution in [3.05, 3.63) is 28.8 Å². The lowest BCUT2D eigenvalue weighted by molar-refractivity contribution is -0.141. The number of carbonyl (C=O) groups excluding carboxylic acids is 1. The van der Waals surface area contributed by atoms with Gasteiger partial charge in [0.05, 0.1) is 7.11 Å². The molecule has 0 aliphatic carbocycles. The fourth-order valence-corrected chi connectivity index (χ4v) is 2.51. The lowest BCUT2D eigenvalue weighted by atomic mass is 10.1. The first-order valence-corrected chi connectivity index (χ1v) is 6.12. The summed E-state index contributed by atoms with van der Waals surface area (Å²) in [6.07, 6.45) is 1.85. The van der Waals surface area contributed by atoms with Crippen LogP contribution in [0, 0.1) is 6.92 Å². The van der Waals surface area contributed by atoms with E-state index in [1.165, 1.54) is 7.11 Å². The monoisotopic (exact) mass is 253 g/mol. The Balaban J connectivity index is 2.32. The topological polar surface area (TPSA) is 29.5 Å². The number of ether oxygens (including phenoxy) is 1. The van der Waals surface area contributed by atoms with E-state index >= 15 is 0 Å². The number of esters is 1. The molecule has 1 aromatic carbocycles. The molecule has 0 bridgehead atoms. The molecule has 1 aliphatic heterocycles. The highest BCUT2D eigenvalue weighted by Gasteiger charge is 2.32. The molecule has 4 heteroatoms. The number of rotatable bonds is 2. The Hall–Kier alpha value is -1.22. The summed E-state index contributed by atoms with van der Waals surface area (Å²) >= 11 is 6.11. The van der Waals surface area contributed by atoms with Crippen molar-refractivity contribution < 1.29 is 9.53 Å². The predicted octanol–water partition coefficient (Wildman–Crippen LogP) is 2.79. The van der Waals surface area contributed by atoms with Gasteiger partial charge in [0.15, 0.2) is 0 Å². The molecule has 1 saturated heterocycles. The first kappa shape index (κ1) is 12.2. The first-order valence-electron chi connectivity index (χ1n) is 5.74. The molecule has 1 fully saturated rings.